The molecule has 1 N–H and O–H groups in total. The standard InChI is InChI=1S/C64H119N2O7P/c1-7-10-13-16-19-22-25-28-30-31-32-33-34-35-36-38-41-44-47-50-53-56-63(67)65-61(60-72-74(69,70)71-59-58-66(4,5)6)62(55-52-49-46-43-40-37-27-24-21-18-15-12-9-3)73-64(68)57-54-51-48-45-42-39-29-26-23-20-17-14-11-8-2/h11,14,19-20,22-23,28,30,52,55,61-62H,7-10,12-13,15-18,21,24-27,29,31-51,53-54,56-60H2,1-6H3,(H-,65,67,69,70)/b14-11+,22-19-,23-20+,30-28-,55-52-. The van der Waals surface area contributed by atoms with E-state index in [-0.39, 0.29) is 24.9 Å². The first kappa shape index (κ1) is 71.7. The van der Waals surface area contributed by atoms with Crippen molar-refractivity contribution >= 4 is 19.7 Å². The highest BCUT2D eigenvalue weighted by molar-refractivity contribution is 7.45. The maximum atomic E-state index is 13.5. The predicted octanol–water partition coefficient (Wildman–Crippen LogP) is 18.4. The topological polar surface area (TPSA) is 114 Å². The number of phosphoric acid groups is 1. The van der Waals surface area contributed by atoms with Crippen LogP contribution in [0.5, 0.6) is 0 Å². The molecular formula is C64H119N2O7P. The summed E-state index contributed by atoms with van der Waals surface area (Å²) in [5.41, 5.74) is 0. The molecule has 0 aliphatic carbocycles. The van der Waals surface area contributed by atoms with Crippen molar-refractivity contribution in [1.82, 2.24) is 5.32 Å². The van der Waals surface area contributed by atoms with Gasteiger partial charge in [-0.25, -0.2) is 0 Å². The molecule has 0 aliphatic rings. The van der Waals surface area contributed by atoms with E-state index in [4.69, 9.17) is 13.8 Å². The third-order valence-corrected chi connectivity index (χ3v) is 14.6. The van der Waals surface area contributed by atoms with Crippen molar-refractivity contribution in [3.63, 3.8) is 0 Å². The van der Waals surface area contributed by atoms with Crippen LogP contribution in [0.3, 0.4) is 0 Å². The van der Waals surface area contributed by atoms with Crippen molar-refractivity contribution in [3.8, 4) is 0 Å². The molecule has 0 bridgehead atoms. The summed E-state index contributed by atoms with van der Waals surface area (Å²) in [6, 6.07) is -0.893. The lowest BCUT2D eigenvalue weighted by molar-refractivity contribution is -0.870. The van der Waals surface area contributed by atoms with Gasteiger partial charge in [-0.3, -0.25) is 14.2 Å². The number of amides is 1. The van der Waals surface area contributed by atoms with Crippen molar-refractivity contribution in [1.29, 1.82) is 0 Å². The summed E-state index contributed by atoms with van der Waals surface area (Å²) in [7, 11) is 1.18. The second-order valence-electron chi connectivity index (χ2n) is 22.2. The second kappa shape index (κ2) is 54.1. The van der Waals surface area contributed by atoms with Gasteiger partial charge in [0.25, 0.3) is 7.82 Å². The third kappa shape index (κ3) is 54.5. The van der Waals surface area contributed by atoms with Crippen molar-refractivity contribution in [2.75, 3.05) is 40.9 Å². The number of carbonyl (C=O) groups is 2. The molecule has 10 heteroatoms. The van der Waals surface area contributed by atoms with Gasteiger partial charge >= 0.3 is 5.97 Å². The summed E-state index contributed by atoms with van der Waals surface area (Å²) in [4.78, 5) is 40.0. The molecule has 0 aromatic rings. The Kier molecular flexibility index (Phi) is 52.4. The fraction of sp³-hybridized carbons (Fsp3) is 0.812. The zero-order valence-corrected chi connectivity index (χ0v) is 50.2. The van der Waals surface area contributed by atoms with Crippen LogP contribution in [0.4, 0.5) is 0 Å². The Bertz CT molecular complexity index is 1450. The van der Waals surface area contributed by atoms with Crippen molar-refractivity contribution in [3.05, 3.63) is 60.8 Å². The number of unbranched alkanes of at least 4 members (excludes halogenated alkanes) is 32. The number of nitrogens with one attached hydrogen (secondary N) is 1. The zero-order valence-electron chi connectivity index (χ0n) is 49.3. The first-order chi connectivity index (χ1) is 35.9. The third-order valence-electron chi connectivity index (χ3n) is 13.7. The van der Waals surface area contributed by atoms with Crippen LogP contribution in [0.15, 0.2) is 60.8 Å². The lowest BCUT2D eigenvalue weighted by Gasteiger charge is -2.30. The predicted molar refractivity (Wildman–Crippen MR) is 316 cm³/mol. The second-order valence-corrected chi connectivity index (χ2v) is 23.6. The molecule has 3 atom stereocenters. The first-order valence-electron chi connectivity index (χ1n) is 31.1. The number of quaternary nitrogens is 1. The van der Waals surface area contributed by atoms with Crippen LogP contribution >= 0.6 is 7.82 Å². The van der Waals surface area contributed by atoms with Gasteiger partial charge in [0.1, 0.15) is 19.3 Å². The molecular weight excluding hydrogens is 940 g/mol. The van der Waals surface area contributed by atoms with E-state index < -0.39 is 26.6 Å². The first-order valence-corrected chi connectivity index (χ1v) is 32.6. The Labute approximate surface area is 458 Å². The summed E-state index contributed by atoms with van der Waals surface area (Å²) in [5, 5.41) is 3.03. The average Bonchev–Trinajstić information content (AvgIpc) is 3.36. The van der Waals surface area contributed by atoms with Crippen LogP contribution in [0.2, 0.25) is 0 Å². The fourth-order valence-corrected chi connectivity index (χ4v) is 9.61. The summed E-state index contributed by atoms with van der Waals surface area (Å²) >= 11 is 0. The van der Waals surface area contributed by atoms with E-state index in [2.05, 4.69) is 74.7 Å². The number of allylic oxidation sites excluding steroid dienone is 9. The van der Waals surface area contributed by atoms with E-state index in [1.807, 2.05) is 33.3 Å². The molecule has 9 nitrogen and oxygen atoms in total. The van der Waals surface area contributed by atoms with Gasteiger partial charge in [-0.05, 0) is 89.5 Å². The molecule has 0 saturated heterocycles. The number of carbonyl (C=O) groups excluding carboxylic acids is 2. The molecule has 0 aliphatic heterocycles. The van der Waals surface area contributed by atoms with Crippen molar-refractivity contribution in [2.24, 2.45) is 0 Å². The van der Waals surface area contributed by atoms with Gasteiger partial charge in [0.05, 0.1) is 33.8 Å². The van der Waals surface area contributed by atoms with E-state index >= 15 is 0 Å². The maximum Gasteiger partial charge on any atom is 0.306 e. The summed E-state index contributed by atoms with van der Waals surface area (Å²) < 4.78 is 30.3. The Morgan fingerprint density at radius 3 is 1.31 bits per heavy atom. The minimum absolute atomic E-state index is 0.0247. The Hall–Kier alpha value is -2.29. The van der Waals surface area contributed by atoms with Gasteiger partial charge in [0.15, 0.2) is 0 Å². The van der Waals surface area contributed by atoms with Gasteiger partial charge in [-0.1, -0.05) is 242 Å². The average molecular weight is 1060 g/mol. The molecule has 0 fully saturated rings. The smallest absolute Gasteiger partial charge is 0.306 e. The SMILES string of the molecule is CC/C=C/C/C=C/CCCCCCCCCC(=O)OC(/C=C\CCCCCCCCCCCCC)C(COP(=O)([O-])OCC[N+](C)(C)C)NC(=O)CCCCCCCCCCCCC/C=C\C/C=C\CCCCC. The lowest BCUT2D eigenvalue weighted by atomic mass is 10.0. The zero-order chi connectivity index (χ0) is 54.3. The minimum atomic E-state index is -4.70. The van der Waals surface area contributed by atoms with E-state index in [9.17, 15) is 19.0 Å². The number of likely N-dealkylation sites (N-methyl/N-ethyl adjacent to an activating group) is 1. The number of hydrogen-bond acceptors (Lipinski definition) is 7. The number of phosphoric ester groups is 1. The molecule has 0 aromatic heterocycles. The van der Waals surface area contributed by atoms with Gasteiger partial charge in [0.2, 0.25) is 5.91 Å². The minimum Gasteiger partial charge on any atom is -0.756 e. The highest BCUT2D eigenvalue weighted by Gasteiger charge is 2.27. The Morgan fingerprint density at radius 1 is 0.486 bits per heavy atom. The molecule has 432 valence electrons. The molecule has 0 heterocycles. The van der Waals surface area contributed by atoms with Crippen LogP contribution in [0.1, 0.15) is 284 Å². The molecule has 3 unspecified atom stereocenters. The normalized spacial score (nSPS) is 14.1. The van der Waals surface area contributed by atoms with Crippen LogP contribution in [-0.2, 0) is 27.9 Å². The van der Waals surface area contributed by atoms with Crippen LogP contribution in [0, 0.1) is 0 Å². The number of ether oxygens (including phenoxy) is 1. The summed E-state index contributed by atoms with van der Waals surface area (Å²) in [6.45, 7) is 6.72. The van der Waals surface area contributed by atoms with Crippen LogP contribution in [0.25, 0.3) is 0 Å². The fourth-order valence-electron chi connectivity index (χ4n) is 8.88. The summed E-state index contributed by atoms with van der Waals surface area (Å²) in [6.07, 6.45) is 67.5. The highest BCUT2D eigenvalue weighted by Crippen LogP contribution is 2.38. The van der Waals surface area contributed by atoms with Gasteiger partial charge in [-0.2, -0.15) is 0 Å². The molecule has 0 saturated carbocycles. The quantitative estimate of drug-likeness (QED) is 0.0212. The number of rotatable bonds is 56. The maximum absolute atomic E-state index is 13.5. The van der Waals surface area contributed by atoms with Gasteiger partial charge in [-0.15, -0.1) is 0 Å². The largest absolute Gasteiger partial charge is 0.756 e. The van der Waals surface area contributed by atoms with Gasteiger partial charge < -0.3 is 28.5 Å². The van der Waals surface area contributed by atoms with Crippen molar-refractivity contribution < 1.29 is 37.3 Å². The molecule has 0 aromatic carbocycles. The van der Waals surface area contributed by atoms with E-state index in [0.29, 0.717) is 17.4 Å². The molecule has 1 amide bonds. The van der Waals surface area contributed by atoms with Gasteiger partial charge in [0, 0.05) is 12.8 Å². The van der Waals surface area contributed by atoms with E-state index in [1.165, 1.54) is 161 Å². The Morgan fingerprint density at radius 2 is 0.865 bits per heavy atom. The monoisotopic (exact) mass is 1060 g/mol. The Balaban J connectivity index is 5.24. The number of nitrogens with zero attached hydrogens (tertiary/aromatic N) is 1. The van der Waals surface area contributed by atoms with E-state index in [1.54, 1.807) is 0 Å². The molecule has 74 heavy (non-hydrogen) atoms. The number of hydrogen-bond donors (Lipinski definition) is 1. The molecule has 0 rings (SSSR count). The van der Waals surface area contributed by atoms with Crippen molar-refractivity contribution in [2.45, 2.75) is 296 Å². The van der Waals surface area contributed by atoms with Crippen LogP contribution < -0.4 is 10.2 Å². The lowest BCUT2D eigenvalue weighted by Crippen LogP contribution is -2.47. The highest BCUT2D eigenvalue weighted by atomic mass is 31.2. The molecule has 0 radical (unpaired) electrons. The number of esters is 1. The molecule has 0 spiro atoms. The summed E-state index contributed by atoms with van der Waals surface area (Å²) in [5.74, 6) is -0.547. The van der Waals surface area contributed by atoms with Crippen LogP contribution in [-0.4, -0.2) is 69.4 Å². The van der Waals surface area contributed by atoms with E-state index in [0.717, 1.165) is 89.9 Å².